The van der Waals surface area contributed by atoms with Crippen molar-refractivity contribution in [2.75, 3.05) is 4.72 Å². The molecule has 8 heteroatoms. The summed E-state index contributed by atoms with van der Waals surface area (Å²) in [6.07, 6.45) is 5.75. The van der Waals surface area contributed by atoms with Crippen LogP contribution in [0.15, 0.2) is 53.7 Å². The van der Waals surface area contributed by atoms with Crippen molar-refractivity contribution in [2.24, 2.45) is 13.0 Å². The molecule has 0 aliphatic heterocycles. The predicted molar refractivity (Wildman–Crippen MR) is 94.4 cm³/mol. The Bertz CT molecular complexity index is 987. The second-order valence-electron chi connectivity index (χ2n) is 6.35. The molecular weight excluding hydrogens is 338 g/mol. The normalized spacial score (nSPS) is 14.6. The topological polar surface area (TPSA) is 81.8 Å². The quantitative estimate of drug-likeness (QED) is 0.735. The van der Waals surface area contributed by atoms with Gasteiger partial charge in [-0.15, -0.1) is 0 Å². The third-order valence-corrected chi connectivity index (χ3v) is 5.51. The van der Waals surface area contributed by atoms with Gasteiger partial charge in [-0.1, -0.05) is 30.3 Å². The molecule has 130 valence electrons. The molecule has 2 heterocycles. The van der Waals surface area contributed by atoms with Gasteiger partial charge in [-0.2, -0.15) is 10.2 Å². The first-order chi connectivity index (χ1) is 12.0. The lowest BCUT2D eigenvalue weighted by atomic mass is 10.2. The van der Waals surface area contributed by atoms with Crippen LogP contribution in [-0.4, -0.2) is 28.0 Å². The van der Waals surface area contributed by atoms with Gasteiger partial charge in [-0.05, 0) is 18.8 Å². The van der Waals surface area contributed by atoms with Crippen LogP contribution in [-0.2, 0) is 23.6 Å². The molecule has 4 rings (SSSR count). The summed E-state index contributed by atoms with van der Waals surface area (Å²) >= 11 is 0. The fraction of sp³-hybridized carbons (Fsp3) is 0.294. The van der Waals surface area contributed by atoms with Crippen molar-refractivity contribution in [3.05, 3.63) is 48.8 Å². The largest absolute Gasteiger partial charge is 0.274 e. The zero-order valence-electron chi connectivity index (χ0n) is 13.8. The lowest BCUT2D eigenvalue weighted by Crippen LogP contribution is -2.14. The average molecular weight is 357 g/mol. The van der Waals surface area contributed by atoms with E-state index in [0.717, 1.165) is 12.1 Å². The van der Waals surface area contributed by atoms with Crippen molar-refractivity contribution in [1.82, 2.24) is 19.6 Å². The maximum absolute atomic E-state index is 12.8. The first kappa shape index (κ1) is 15.9. The summed E-state index contributed by atoms with van der Waals surface area (Å²) in [4.78, 5) is 0.137. The van der Waals surface area contributed by atoms with Crippen LogP contribution in [0.1, 0.15) is 12.8 Å². The van der Waals surface area contributed by atoms with E-state index in [0.29, 0.717) is 17.4 Å². The van der Waals surface area contributed by atoms with Gasteiger partial charge in [-0.25, -0.2) is 8.42 Å². The molecule has 1 fully saturated rings. The molecule has 0 unspecified atom stereocenters. The summed E-state index contributed by atoms with van der Waals surface area (Å²) < 4.78 is 31.5. The SMILES string of the molecule is Cn1cc(S(=O)(=O)Nc2ccn(CC3CC3)n2)c(-c2ccccc2)n1. The van der Waals surface area contributed by atoms with Gasteiger partial charge in [0.1, 0.15) is 10.6 Å². The van der Waals surface area contributed by atoms with Gasteiger partial charge in [0.2, 0.25) is 0 Å². The molecule has 7 nitrogen and oxygen atoms in total. The molecule has 0 radical (unpaired) electrons. The maximum atomic E-state index is 12.8. The summed E-state index contributed by atoms with van der Waals surface area (Å²) in [6.45, 7) is 0.837. The molecule has 0 saturated heterocycles. The van der Waals surface area contributed by atoms with E-state index in [2.05, 4.69) is 14.9 Å². The number of hydrogen-bond donors (Lipinski definition) is 1. The van der Waals surface area contributed by atoms with Crippen LogP contribution < -0.4 is 4.72 Å². The van der Waals surface area contributed by atoms with Gasteiger partial charge < -0.3 is 0 Å². The fourth-order valence-electron chi connectivity index (χ4n) is 2.73. The van der Waals surface area contributed by atoms with Gasteiger partial charge in [-0.3, -0.25) is 14.1 Å². The monoisotopic (exact) mass is 357 g/mol. The Morgan fingerprint density at radius 3 is 2.64 bits per heavy atom. The number of aromatic nitrogens is 4. The number of anilines is 1. The molecule has 1 saturated carbocycles. The highest BCUT2D eigenvalue weighted by atomic mass is 32.2. The highest BCUT2D eigenvalue weighted by Crippen LogP contribution is 2.31. The van der Waals surface area contributed by atoms with Crippen LogP contribution in [0.5, 0.6) is 0 Å². The highest BCUT2D eigenvalue weighted by molar-refractivity contribution is 7.92. The molecule has 0 amide bonds. The van der Waals surface area contributed by atoms with Crippen LogP contribution in [0.3, 0.4) is 0 Å². The maximum Gasteiger partial charge on any atom is 0.266 e. The van der Waals surface area contributed by atoms with E-state index in [1.807, 2.05) is 30.3 Å². The lowest BCUT2D eigenvalue weighted by Gasteiger charge is -2.06. The molecule has 3 aromatic rings. The van der Waals surface area contributed by atoms with Crippen molar-refractivity contribution < 1.29 is 8.42 Å². The predicted octanol–water partition coefficient (Wildman–Crippen LogP) is 2.49. The summed E-state index contributed by atoms with van der Waals surface area (Å²) in [7, 11) is -2.08. The zero-order valence-corrected chi connectivity index (χ0v) is 14.6. The Hall–Kier alpha value is -2.61. The minimum Gasteiger partial charge on any atom is -0.274 e. The summed E-state index contributed by atoms with van der Waals surface area (Å²) in [5.74, 6) is 0.996. The van der Waals surface area contributed by atoms with Gasteiger partial charge in [0.15, 0.2) is 5.82 Å². The van der Waals surface area contributed by atoms with E-state index >= 15 is 0 Å². The van der Waals surface area contributed by atoms with Gasteiger partial charge in [0, 0.05) is 37.6 Å². The standard InChI is InChI=1S/C17H19N5O2S/c1-21-12-15(17(19-21)14-5-3-2-4-6-14)25(23,24)20-16-9-10-22(18-16)11-13-7-8-13/h2-6,9-10,12-13H,7-8,11H2,1H3,(H,18,20). The molecule has 1 aromatic carbocycles. The number of hydrogen-bond acceptors (Lipinski definition) is 4. The van der Waals surface area contributed by atoms with E-state index in [9.17, 15) is 8.42 Å². The minimum atomic E-state index is -3.78. The smallest absolute Gasteiger partial charge is 0.266 e. The van der Waals surface area contributed by atoms with Gasteiger partial charge in [0.25, 0.3) is 10.0 Å². The number of sulfonamides is 1. The van der Waals surface area contributed by atoms with E-state index in [-0.39, 0.29) is 4.90 Å². The number of rotatable bonds is 6. The van der Waals surface area contributed by atoms with E-state index < -0.39 is 10.0 Å². The van der Waals surface area contributed by atoms with E-state index in [1.54, 1.807) is 24.0 Å². The Morgan fingerprint density at radius 1 is 1.16 bits per heavy atom. The second kappa shape index (κ2) is 6.03. The summed E-state index contributed by atoms with van der Waals surface area (Å²) in [6, 6.07) is 10.9. The van der Waals surface area contributed by atoms with Gasteiger partial charge in [0.05, 0.1) is 0 Å². The van der Waals surface area contributed by atoms with Crippen molar-refractivity contribution in [2.45, 2.75) is 24.3 Å². The third kappa shape index (κ3) is 3.43. The average Bonchev–Trinajstić information content (AvgIpc) is 3.14. The Labute approximate surface area is 146 Å². The first-order valence-electron chi connectivity index (χ1n) is 8.16. The molecule has 1 aliphatic rings. The highest BCUT2D eigenvalue weighted by Gasteiger charge is 2.25. The number of nitrogens with zero attached hydrogens (tertiary/aromatic N) is 4. The van der Waals surface area contributed by atoms with Crippen molar-refractivity contribution in [1.29, 1.82) is 0 Å². The molecule has 0 bridgehead atoms. The molecule has 2 aromatic heterocycles. The number of benzene rings is 1. The van der Waals surface area contributed by atoms with Crippen LogP contribution in [0.4, 0.5) is 5.82 Å². The summed E-state index contributed by atoms with van der Waals surface area (Å²) in [5.41, 5.74) is 1.18. The van der Waals surface area contributed by atoms with Crippen molar-refractivity contribution >= 4 is 15.8 Å². The first-order valence-corrected chi connectivity index (χ1v) is 9.65. The number of aryl methyl sites for hydroxylation is 1. The van der Waals surface area contributed by atoms with Gasteiger partial charge >= 0.3 is 0 Å². The van der Waals surface area contributed by atoms with Crippen molar-refractivity contribution in [3.63, 3.8) is 0 Å². The second-order valence-corrected chi connectivity index (χ2v) is 8.00. The molecule has 0 spiro atoms. The molecule has 1 aliphatic carbocycles. The zero-order chi connectivity index (χ0) is 17.4. The molecule has 25 heavy (non-hydrogen) atoms. The summed E-state index contributed by atoms with van der Waals surface area (Å²) in [5, 5.41) is 8.62. The van der Waals surface area contributed by atoms with Crippen LogP contribution in [0, 0.1) is 5.92 Å². The Kier molecular flexibility index (Phi) is 3.84. The van der Waals surface area contributed by atoms with E-state index in [4.69, 9.17) is 0 Å². The van der Waals surface area contributed by atoms with Crippen LogP contribution in [0.25, 0.3) is 11.3 Å². The Balaban J connectivity index is 1.63. The van der Waals surface area contributed by atoms with Crippen LogP contribution in [0.2, 0.25) is 0 Å². The molecular formula is C17H19N5O2S. The lowest BCUT2D eigenvalue weighted by molar-refractivity contribution is 0.564. The molecule has 1 N–H and O–H groups in total. The Morgan fingerprint density at radius 2 is 1.92 bits per heavy atom. The van der Waals surface area contributed by atoms with Crippen molar-refractivity contribution in [3.8, 4) is 11.3 Å². The number of nitrogens with one attached hydrogen (secondary N) is 1. The fourth-order valence-corrected chi connectivity index (χ4v) is 3.93. The third-order valence-electron chi connectivity index (χ3n) is 4.15. The van der Waals surface area contributed by atoms with E-state index in [1.165, 1.54) is 23.7 Å². The minimum absolute atomic E-state index is 0.137. The molecule has 0 atom stereocenters. The van der Waals surface area contributed by atoms with Crippen LogP contribution >= 0.6 is 0 Å².